The Kier molecular flexibility index (Phi) is 3.84. The zero-order valence-corrected chi connectivity index (χ0v) is 12.7. The maximum Gasteiger partial charge on any atom is 0.254 e. The van der Waals surface area contributed by atoms with E-state index >= 15 is 0 Å². The van der Waals surface area contributed by atoms with Crippen molar-refractivity contribution in [2.45, 2.75) is 6.04 Å². The lowest BCUT2D eigenvalue weighted by Gasteiger charge is -2.27. The molecule has 5 nitrogen and oxygen atoms in total. The second-order valence-corrected chi connectivity index (χ2v) is 5.77. The topological polar surface area (TPSA) is 64.6 Å². The average Bonchev–Trinajstić information content (AvgIpc) is 2.76. The van der Waals surface area contributed by atoms with Crippen molar-refractivity contribution < 1.29 is 9.90 Å². The van der Waals surface area contributed by atoms with Gasteiger partial charge in [-0.1, -0.05) is 23.7 Å². The van der Waals surface area contributed by atoms with E-state index in [1.165, 1.54) is 0 Å². The Morgan fingerprint density at radius 2 is 2.10 bits per heavy atom. The monoisotopic (exact) mass is 323 g/mol. The Balaban J connectivity index is 1.96. The van der Waals surface area contributed by atoms with Gasteiger partial charge in [0, 0.05) is 17.3 Å². The van der Waals surface area contributed by atoms with Crippen molar-refractivity contribution in [3.05, 3.63) is 46.1 Å². The van der Waals surface area contributed by atoms with Gasteiger partial charge in [0.1, 0.15) is 0 Å². The van der Waals surface area contributed by atoms with Crippen LogP contribution in [0.3, 0.4) is 0 Å². The van der Waals surface area contributed by atoms with Gasteiger partial charge in [-0.25, -0.2) is 0 Å². The van der Waals surface area contributed by atoms with Crippen LogP contribution < -0.4 is 10.6 Å². The Hall–Kier alpha value is -1.63. The van der Waals surface area contributed by atoms with E-state index in [2.05, 4.69) is 10.6 Å². The largest absolute Gasteiger partial charge is 0.395 e. The van der Waals surface area contributed by atoms with Crippen LogP contribution >= 0.6 is 23.8 Å². The molecule has 1 aromatic rings. The summed E-state index contributed by atoms with van der Waals surface area (Å²) in [6, 6.07) is 7.03. The summed E-state index contributed by atoms with van der Waals surface area (Å²) < 4.78 is 0. The fourth-order valence-corrected chi connectivity index (χ4v) is 3.00. The van der Waals surface area contributed by atoms with Crippen LogP contribution in [0.1, 0.15) is 11.6 Å². The lowest BCUT2D eigenvalue weighted by Crippen LogP contribution is -2.44. The molecule has 7 heteroatoms. The predicted molar refractivity (Wildman–Crippen MR) is 83.8 cm³/mol. The number of thiocarbonyl (C=S) groups is 1. The van der Waals surface area contributed by atoms with Crippen molar-refractivity contribution in [2.75, 3.05) is 19.7 Å². The van der Waals surface area contributed by atoms with Gasteiger partial charge >= 0.3 is 0 Å². The fourth-order valence-electron chi connectivity index (χ4n) is 2.63. The lowest BCUT2D eigenvalue weighted by molar-refractivity contribution is -0.126. The summed E-state index contributed by atoms with van der Waals surface area (Å²) >= 11 is 11.1. The van der Waals surface area contributed by atoms with Gasteiger partial charge in [0.25, 0.3) is 5.91 Å². The first-order chi connectivity index (χ1) is 10.1. The summed E-state index contributed by atoms with van der Waals surface area (Å²) in [7, 11) is 0. The van der Waals surface area contributed by atoms with E-state index in [1.807, 2.05) is 12.1 Å². The molecule has 2 aliphatic heterocycles. The lowest BCUT2D eigenvalue weighted by atomic mass is 9.96. The van der Waals surface area contributed by atoms with Crippen molar-refractivity contribution in [1.82, 2.24) is 15.5 Å². The number of benzene rings is 1. The molecule has 3 N–H and O–H groups in total. The van der Waals surface area contributed by atoms with Gasteiger partial charge < -0.3 is 20.6 Å². The second-order valence-electron chi connectivity index (χ2n) is 4.93. The summed E-state index contributed by atoms with van der Waals surface area (Å²) in [4.78, 5) is 14.1. The zero-order chi connectivity index (χ0) is 15.0. The number of β-amino-alcohol motifs (C(OH)–C–C–N with tert-alkyl or cyclic N) is 1. The van der Waals surface area contributed by atoms with Crippen LogP contribution in [-0.2, 0) is 4.79 Å². The first-order valence-corrected chi connectivity index (χ1v) is 7.35. The summed E-state index contributed by atoms with van der Waals surface area (Å²) in [5, 5.41) is 16.4. The van der Waals surface area contributed by atoms with Gasteiger partial charge in [-0.05, 0) is 29.9 Å². The molecule has 110 valence electrons. The van der Waals surface area contributed by atoms with Crippen LogP contribution in [0.25, 0.3) is 0 Å². The molecule has 0 fully saturated rings. The second kappa shape index (κ2) is 5.63. The Labute approximate surface area is 132 Å². The number of halogens is 1. The van der Waals surface area contributed by atoms with Crippen molar-refractivity contribution in [2.24, 2.45) is 0 Å². The third-order valence-electron chi connectivity index (χ3n) is 3.59. The molecule has 0 saturated carbocycles. The standard InChI is InChI=1S/C14H14ClN3O2S/c15-9-3-1-8(2-4-9)12-11-10(16-14(21)17-12)7-18(5-6-19)13(11)20/h1-4,12,19H,5-7H2,(H2,16,17,21). The van der Waals surface area contributed by atoms with Gasteiger partial charge in [0.15, 0.2) is 5.11 Å². The van der Waals surface area contributed by atoms with Crippen molar-refractivity contribution in [1.29, 1.82) is 0 Å². The first kappa shape index (κ1) is 14.3. The van der Waals surface area contributed by atoms with Crippen LogP contribution in [0.2, 0.25) is 5.02 Å². The van der Waals surface area contributed by atoms with E-state index in [0.717, 1.165) is 11.3 Å². The molecule has 1 unspecified atom stereocenters. The predicted octanol–water partition coefficient (Wildman–Crippen LogP) is 0.947. The Morgan fingerprint density at radius 3 is 2.76 bits per heavy atom. The van der Waals surface area contributed by atoms with E-state index in [9.17, 15) is 4.79 Å². The quantitative estimate of drug-likeness (QED) is 0.723. The Bertz CT molecular complexity index is 630. The van der Waals surface area contributed by atoms with Gasteiger partial charge in [0.05, 0.1) is 24.8 Å². The first-order valence-electron chi connectivity index (χ1n) is 6.56. The van der Waals surface area contributed by atoms with E-state index < -0.39 is 0 Å². The number of rotatable bonds is 3. The molecule has 0 spiro atoms. The highest BCUT2D eigenvalue weighted by atomic mass is 35.5. The normalized spacial score (nSPS) is 21.2. The smallest absolute Gasteiger partial charge is 0.254 e. The summed E-state index contributed by atoms with van der Waals surface area (Å²) in [6.07, 6.45) is 0. The van der Waals surface area contributed by atoms with E-state index in [0.29, 0.717) is 28.8 Å². The number of amides is 1. The van der Waals surface area contributed by atoms with Gasteiger partial charge in [-0.2, -0.15) is 0 Å². The molecule has 0 aliphatic carbocycles. The van der Waals surface area contributed by atoms with Crippen molar-refractivity contribution >= 4 is 34.8 Å². The maximum atomic E-state index is 12.5. The minimum Gasteiger partial charge on any atom is -0.395 e. The maximum absolute atomic E-state index is 12.5. The van der Waals surface area contributed by atoms with Crippen LogP contribution in [0, 0.1) is 0 Å². The van der Waals surface area contributed by atoms with Crippen molar-refractivity contribution in [3.8, 4) is 0 Å². The molecule has 0 aromatic heterocycles. The highest BCUT2D eigenvalue weighted by Crippen LogP contribution is 2.32. The highest BCUT2D eigenvalue weighted by Gasteiger charge is 2.39. The molecular weight excluding hydrogens is 310 g/mol. The van der Waals surface area contributed by atoms with E-state index in [1.54, 1.807) is 17.0 Å². The summed E-state index contributed by atoms with van der Waals surface area (Å²) in [5.74, 6) is -0.0819. The fraction of sp³-hybridized carbons (Fsp3) is 0.286. The molecule has 0 saturated heterocycles. The Morgan fingerprint density at radius 1 is 1.38 bits per heavy atom. The minimum absolute atomic E-state index is 0.0597. The summed E-state index contributed by atoms with van der Waals surface area (Å²) in [5.41, 5.74) is 2.38. The molecule has 2 aliphatic rings. The highest BCUT2D eigenvalue weighted by molar-refractivity contribution is 7.80. The molecule has 1 amide bonds. The molecule has 3 rings (SSSR count). The molecule has 0 radical (unpaired) electrons. The minimum atomic E-state index is -0.290. The van der Waals surface area contributed by atoms with E-state index in [4.69, 9.17) is 28.9 Å². The van der Waals surface area contributed by atoms with Crippen LogP contribution in [-0.4, -0.2) is 40.7 Å². The number of hydrogen-bond acceptors (Lipinski definition) is 3. The number of nitrogens with zero attached hydrogens (tertiary/aromatic N) is 1. The van der Waals surface area contributed by atoms with Gasteiger partial charge in [0.2, 0.25) is 0 Å². The SMILES string of the molecule is O=C1C2=C(CN1CCO)NC(=S)NC2c1ccc(Cl)cc1. The van der Waals surface area contributed by atoms with Gasteiger partial charge in [-0.15, -0.1) is 0 Å². The van der Waals surface area contributed by atoms with Crippen molar-refractivity contribution in [3.63, 3.8) is 0 Å². The molecule has 1 atom stereocenters. The van der Waals surface area contributed by atoms with E-state index in [-0.39, 0.29) is 18.6 Å². The number of aliphatic hydroxyl groups is 1. The average molecular weight is 324 g/mol. The number of aliphatic hydroxyl groups excluding tert-OH is 1. The zero-order valence-electron chi connectivity index (χ0n) is 11.1. The van der Waals surface area contributed by atoms with Crippen LogP contribution in [0.5, 0.6) is 0 Å². The molecule has 1 aromatic carbocycles. The third kappa shape index (κ3) is 2.62. The molecule has 2 heterocycles. The number of carbonyl (C=O) groups is 1. The number of nitrogens with one attached hydrogen (secondary N) is 2. The summed E-state index contributed by atoms with van der Waals surface area (Å²) in [6.45, 7) is 0.698. The van der Waals surface area contributed by atoms with Crippen LogP contribution in [0.15, 0.2) is 35.5 Å². The molecule has 21 heavy (non-hydrogen) atoms. The van der Waals surface area contributed by atoms with Gasteiger partial charge in [-0.3, -0.25) is 4.79 Å². The number of carbonyl (C=O) groups excluding carboxylic acids is 1. The molecule has 0 bridgehead atoms. The van der Waals surface area contributed by atoms with Crippen LogP contribution in [0.4, 0.5) is 0 Å². The molecular formula is C14H14ClN3O2S. The number of hydrogen-bond donors (Lipinski definition) is 3. The third-order valence-corrected chi connectivity index (χ3v) is 4.07.